The van der Waals surface area contributed by atoms with Crippen molar-refractivity contribution in [2.45, 2.75) is 77.9 Å². The number of aliphatic hydroxyl groups is 1. The molecule has 120 valence electrons. The summed E-state index contributed by atoms with van der Waals surface area (Å²) < 4.78 is 0. The molecule has 1 aliphatic carbocycles. The molecule has 0 aromatic rings. The minimum Gasteiger partial charge on any atom is -0.389 e. The molecule has 1 rings (SSSR count). The number of hydrogen-bond donors (Lipinski definition) is 2. The molecule has 3 nitrogen and oxygen atoms in total. The number of nitrogens with one attached hydrogen (secondary N) is 1. The zero-order valence-electron chi connectivity index (χ0n) is 14.3. The van der Waals surface area contributed by atoms with E-state index in [0.717, 1.165) is 38.9 Å². The minimum atomic E-state index is -0.414. The molecule has 1 aliphatic rings. The lowest BCUT2D eigenvalue weighted by molar-refractivity contribution is 0.0147. The highest BCUT2D eigenvalue weighted by atomic mass is 16.3. The molecule has 20 heavy (non-hydrogen) atoms. The highest BCUT2D eigenvalue weighted by molar-refractivity contribution is 4.87. The van der Waals surface area contributed by atoms with Crippen molar-refractivity contribution in [1.29, 1.82) is 0 Å². The molecule has 0 amide bonds. The second kappa shape index (κ2) is 7.77. The van der Waals surface area contributed by atoms with E-state index in [0.29, 0.717) is 11.5 Å². The zero-order chi connectivity index (χ0) is 15.2. The first-order chi connectivity index (χ1) is 9.27. The Kier molecular flexibility index (Phi) is 6.96. The molecule has 0 radical (unpaired) electrons. The van der Waals surface area contributed by atoms with Crippen LogP contribution in [0.15, 0.2) is 0 Å². The van der Waals surface area contributed by atoms with E-state index >= 15 is 0 Å². The maximum Gasteiger partial charge on any atom is 0.0774 e. The third-order valence-corrected chi connectivity index (χ3v) is 4.58. The summed E-state index contributed by atoms with van der Waals surface area (Å²) in [4.78, 5) is 2.32. The molecular weight excluding hydrogens is 248 g/mol. The molecular formula is C17H36N2O. The van der Waals surface area contributed by atoms with Crippen LogP contribution in [0.1, 0.15) is 66.2 Å². The van der Waals surface area contributed by atoms with Gasteiger partial charge in [0.1, 0.15) is 0 Å². The third-order valence-electron chi connectivity index (χ3n) is 4.58. The quantitative estimate of drug-likeness (QED) is 0.719. The summed E-state index contributed by atoms with van der Waals surface area (Å²) in [6, 6.07) is 0.545. The molecule has 0 spiro atoms. The average molecular weight is 284 g/mol. The van der Waals surface area contributed by atoms with Crippen LogP contribution in [0, 0.1) is 5.41 Å². The summed E-state index contributed by atoms with van der Waals surface area (Å²) in [6.45, 7) is 12.1. The van der Waals surface area contributed by atoms with Gasteiger partial charge in [-0.25, -0.2) is 0 Å². The summed E-state index contributed by atoms with van der Waals surface area (Å²) in [6.07, 6.45) is 6.67. The number of likely N-dealkylation sites (N-methyl/N-ethyl adjacent to an activating group) is 1. The van der Waals surface area contributed by atoms with Crippen molar-refractivity contribution in [1.82, 2.24) is 10.2 Å². The largest absolute Gasteiger partial charge is 0.389 e. The highest BCUT2D eigenvalue weighted by Gasteiger charge is 2.32. The second-order valence-corrected chi connectivity index (χ2v) is 7.83. The lowest BCUT2D eigenvalue weighted by Crippen LogP contribution is -2.45. The topological polar surface area (TPSA) is 35.5 Å². The Balaban J connectivity index is 2.37. The van der Waals surface area contributed by atoms with Crippen LogP contribution in [0.5, 0.6) is 0 Å². The normalized spacial score (nSPS) is 20.6. The maximum absolute atomic E-state index is 10.5. The lowest BCUT2D eigenvalue weighted by Gasteiger charge is -2.34. The second-order valence-electron chi connectivity index (χ2n) is 7.83. The van der Waals surface area contributed by atoms with Crippen LogP contribution in [0.25, 0.3) is 0 Å². The van der Waals surface area contributed by atoms with Crippen LogP contribution < -0.4 is 5.32 Å². The molecule has 1 unspecified atom stereocenters. The van der Waals surface area contributed by atoms with Crippen molar-refractivity contribution < 1.29 is 5.11 Å². The first-order valence-electron chi connectivity index (χ1n) is 8.41. The Morgan fingerprint density at radius 3 is 2.35 bits per heavy atom. The Morgan fingerprint density at radius 2 is 1.85 bits per heavy atom. The van der Waals surface area contributed by atoms with E-state index in [1.54, 1.807) is 0 Å². The smallest absolute Gasteiger partial charge is 0.0774 e. The first-order valence-corrected chi connectivity index (χ1v) is 8.41. The fourth-order valence-electron chi connectivity index (χ4n) is 3.28. The van der Waals surface area contributed by atoms with Gasteiger partial charge in [0, 0.05) is 12.6 Å². The van der Waals surface area contributed by atoms with Crippen molar-refractivity contribution in [2.75, 3.05) is 26.7 Å². The SMILES string of the molecule is CCCNC(CCN(C)CC1(O)CCCC1)C(C)(C)C. The van der Waals surface area contributed by atoms with Crippen LogP contribution in [-0.2, 0) is 0 Å². The maximum atomic E-state index is 10.5. The Bertz CT molecular complexity index is 267. The van der Waals surface area contributed by atoms with Crippen LogP contribution >= 0.6 is 0 Å². The summed E-state index contributed by atoms with van der Waals surface area (Å²) in [7, 11) is 2.15. The van der Waals surface area contributed by atoms with Gasteiger partial charge in [-0.05, 0) is 51.2 Å². The minimum absolute atomic E-state index is 0.292. The van der Waals surface area contributed by atoms with Gasteiger partial charge in [-0.1, -0.05) is 40.5 Å². The summed E-state index contributed by atoms with van der Waals surface area (Å²) in [5.41, 5.74) is -0.122. The van der Waals surface area contributed by atoms with E-state index in [1.165, 1.54) is 19.3 Å². The Morgan fingerprint density at radius 1 is 1.25 bits per heavy atom. The van der Waals surface area contributed by atoms with Gasteiger partial charge in [-0.3, -0.25) is 0 Å². The van der Waals surface area contributed by atoms with Gasteiger partial charge < -0.3 is 15.3 Å². The molecule has 0 aromatic heterocycles. The predicted molar refractivity (Wildman–Crippen MR) is 87.1 cm³/mol. The van der Waals surface area contributed by atoms with E-state index in [1.807, 2.05) is 0 Å². The molecule has 1 saturated carbocycles. The van der Waals surface area contributed by atoms with Crippen LogP contribution in [0.4, 0.5) is 0 Å². The van der Waals surface area contributed by atoms with Crippen LogP contribution in [-0.4, -0.2) is 48.3 Å². The van der Waals surface area contributed by atoms with E-state index in [-0.39, 0.29) is 0 Å². The van der Waals surface area contributed by atoms with E-state index in [4.69, 9.17) is 0 Å². The van der Waals surface area contributed by atoms with E-state index in [2.05, 4.69) is 45.0 Å². The van der Waals surface area contributed by atoms with Gasteiger partial charge >= 0.3 is 0 Å². The van der Waals surface area contributed by atoms with E-state index in [9.17, 15) is 5.11 Å². The van der Waals surface area contributed by atoms with Gasteiger partial charge in [0.15, 0.2) is 0 Å². The molecule has 0 aromatic carbocycles. The summed E-state index contributed by atoms with van der Waals surface area (Å²) >= 11 is 0. The molecule has 1 atom stereocenters. The van der Waals surface area contributed by atoms with Crippen LogP contribution in [0.2, 0.25) is 0 Å². The van der Waals surface area contributed by atoms with Gasteiger partial charge in [0.2, 0.25) is 0 Å². The molecule has 1 fully saturated rings. The van der Waals surface area contributed by atoms with Crippen molar-refractivity contribution in [3.63, 3.8) is 0 Å². The third kappa shape index (κ3) is 6.11. The predicted octanol–water partition coefficient (Wildman–Crippen LogP) is 3.03. The highest BCUT2D eigenvalue weighted by Crippen LogP contribution is 2.30. The lowest BCUT2D eigenvalue weighted by atomic mass is 9.84. The number of nitrogens with zero attached hydrogens (tertiary/aromatic N) is 1. The molecule has 0 saturated heterocycles. The van der Waals surface area contributed by atoms with Gasteiger partial charge in [0.05, 0.1) is 5.60 Å². The fraction of sp³-hybridized carbons (Fsp3) is 1.00. The van der Waals surface area contributed by atoms with Crippen molar-refractivity contribution in [3.8, 4) is 0 Å². The summed E-state index contributed by atoms with van der Waals surface area (Å²) in [5.74, 6) is 0. The Hall–Kier alpha value is -0.120. The van der Waals surface area contributed by atoms with Crippen molar-refractivity contribution >= 4 is 0 Å². The van der Waals surface area contributed by atoms with E-state index < -0.39 is 5.60 Å². The molecule has 3 heteroatoms. The van der Waals surface area contributed by atoms with Gasteiger partial charge in [-0.2, -0.15) is 0 Å². The fourth-order valence-corrected chi connectivity index (χ4v) is 3.28. The van der Waals surface area contributed by atoms with Crippen molar-refractivity contribution in [2.24, 2.45) is 5.41 Å². The Labute approximate surface area is 126 Å². The molecule has 0 bridgehead atoms. The van der Waals surface area contributed by atoms with Crippen LogP contribution in [0.3, 0.4) is 0 Å². The molecule has 0 aliphatic heterocycles. The molecule has 2 N–H and O–H groups in total. The zero-order valence-corrected chi connectivity index (χ0v) is 14.3. The summed E-state index contributed by atoms with van der Waals surface area (Å²) in [5, 5.41) is 14.1. The first kappa shape index (κ1) is 17.9. The number of rotatable bonds is 8. The average Bonchev–Trinajstić information content (AvgIpc) is 2.73. The van der Waals surface area contributed by atoms with Gasteiger partial charge in [-0.15, -0.1) is 0 Å². The molecule has 0 heterocycles. The monoisotopic (exact) mass is 284 g/mol. The standard InChI is InChI=1S/C17H36N2O/c1-6-12-18-15(16(2,3)4)9-13-19(5)14-17(20)10-7-8-11-17/h15,18,20H,6-14H2,1-5H3. The van der Waals surface area contributed by atoms with Gasteiger partial charge in [0.25, 0.3) is 0 Å². The van der Waals surface area contributed by atoms with Crippen molar-refractivity contribution in [3.05, 3.63) is 0 Å². The number of hydrogen-bond acceptors (Lipinski definition) is 3.